The monoisotopic (exact) mass is 379 g/mol. The lowest BCUT2D eigenvalue weighted by molar-refractivity contribution is 0.355. The van der Waals surface area contributed by atoms with Gasteiger partial charge in [-0.1, -0.05) is 6.92 Å². The van der Waals surface area contributed by atoms with Gasteiger partial charge in [0.25, 0.3) is 0 Å². The van der Waals surface area contributed by atoms with Gasteiger partial charge in [-0.25, -0.2) is 4.98 Å². The smallest absolute Gasteiger partial charge is 0.225 e. The van der Waals surface area contributed by atoms with Crippen LogP contribution in [0.15, 0.2) is 48.8 Å². The zero-order chi connectivity index (χ0) is 19.9. The molecule has 3 aromatic rings. The van der Waals surface area contributed by atoms with E-state index in [0.717, 1.165) is 23.4 Å². The van der Waals surface area contributed by atoms with Crippen molar-refractivity contribution in [2.45, 2.75) is 26.3 Å². The van der Waals surface area contributed by atoms with E-state index in [1.165, 1.54) is 0 Å². The van der Waals surface area contributed by atoms with Crippen LogP contribution in [0.5, 0.6) is 11.5 Å². The highest BCUT2D eigenvalue weighted by Crippen LogP contribution is 2.31. The van der Waals surface area contributed by atoms with E-state index in [9.17, 15) is 0 Å². The largest absolute Gasteiger partial charge is 0.493 e. The molecule has 0 aliphatic rings. The molecular weight excluding hydrogens is 354 g/mol. The number of benzene rings is 1. The van der Waals surface area contributed by atoms with Gasteiger partial charge in [0.05, 0.1) is 19.9 Å². The molecule has 2 heterocycles. The van der Waals surface area contributed by atoms with E-state index in [-0.39, 0.29) is 6.04 Å². The minimum Gasteiger partial charge on any atom is -0.493 e. The molecule has 3 rings (SSSR count). The van der Waals surface area contributed by atoms with Crippen molar-refractivity contribution in [2.75, 3.05) is 24.9 Å². The summed E-state index contributed by atoms with van der Waals surface area (Å²) in [5.74, 6) is 2.58. The molecule has 7 nitrogen and oxygen atoms in total. The fourth-order valence-electron chi connectivity index (χ4n) is 2.63. The average Bonchev–Trinajstić information content (AvgIpc) is 2.74. The molecule has 146 valence electrons. The highest BCUT2D eigenvalue weighted by molar-refractivity contribution is 5.68. The van der Waals surface area contributed by atoms with Crippen LogP contribution in [0.3, 0.4) is 0 Å². The van der Waals surface area contributed by atoms with Crippen LogP contribution in [0.4, 0.5) is 17.5 Å². The maximum Gasteiger partial charge on any atom is 0.225 e. The van der Waals surface area contributed by atoms with E-state index >= 15 is 0 Å². The van der Waals surface area contributed by atoms with Crippen molar-refractivity contribution in [3.05, 3.63) is 48.8 Å². The Morgan fingerprint density at radius 2 is 1.71 bits per heavy atom. The maximum atomic E-state index is 5.38. The highest BCUT2D eigenvalue weighted by Gasteiger charge is 2.10. The number of ether oxygens (including phenoxy) is 2. The molecule has 0 aliphatic heterocycles. The summed E-state index contributed by atoms with van der Waals surface area (Å²) >= 11 is 0. The number of aromatic nitrogens is 3. The first kappa shape index (κ1) is 19.4. The molecule has 0 fully saturated rings. The molecule has 1 aromatic carbocycles. The maximum absolute atomic E-state index is 5.38. The Morgan fingerprint density at radius 1 is 0.964 bits per heavy atom. The molecule has 2 N–H and O–H groups in total. The second kappa shape index (κ2) is 9.03. The summed E-state index contributed by atoms with van der Waals surface area (Å²) in [5.41, 5.74) is 2.62. The first-order valence-electron chi connectivity index (χ1n) is 9.18. The molecule has 0 saturated carbocycles. The molecule has 0 aliphatic carbocycles. The topological polar surface area (TPSA) is 81.2 Å². The second-order valence-corrected chi connectivity index (χ2v) is 6.35. The fraction of sp³-hybridized carbons (Fsp3) is 0.286. The summed E-state index contributed by atoms with van der Waals surface area (Å²) in [7, 11) is 3.23. The predicted molar refractivity (Wildman–Crippen MR) is 111 cm³/mol. The second-order valence-electron chi connectivity index (χ2n) is 6.35. The van der Waals surface area contributed by atoms with Crippen molar-refractivity contribution < 1.29 is 9.47 Å². The van der Waals surface area contributed by atoms with Gasteiger partial charge in [-0.3, -0.25) is 4.98 Å². The molecule has 0 bridgehead atoms. The van der Waals surface area contributed by atoms with Crippen molar-refractivity contribution in [3.8, 4) is 22.8 Å². The van der Waals surface area contributed by atoms with Gasteiger partial charge >= 0.3 is 0 Å². The third-order valence-electron chi connectivity index (χ3n) is 4.35. The molecule has 0 spiro atoms. The van der Waals surface area contributed by atoms with E-state index in [2.05, 4.69) is 39.4 Å². The van der Waals surface area contributed by atoms with Crippen molar-refractivity contribution >= 4 is 17.5 Å². The number of nitrogens with zero attached hydrogens (tertiary/aromatic N) is 3. The minimum absolute atomic E-state index is 0.265. The van der Waals surface area contributed by atoms with Gasteiger partial charge in [-0.2, -0.15) is 4.98 Å². The van der Waals surface area contributed by atoms with Crippen molar-refractivity contribution in [1.82, 2.24) is 15.0 Å². The van der Waals surface area contributed by atoms with E-state index in [0.29, 0.717) is 23.3 Å². The zero-order valence-corrected chi connectivity index (χ0v) is 16.6. The van der Waals surface area contributed by atoms with Crippen LogP contribution in [0.1, 0.15) is 20.3 Å². The van der Waals surface area contributed by atoms with E-state index in [1.807, 2.05) is 36.4 Å². The number of hydrogen-bond donors (Lipinski definition) is 2. The molecule has 2 aromatic heterocycles. The highest BCUT2D eigenvalue weighted by atomic mass is 16.5. The van der Waals surface area contributed by atoms with Crippen LogP contribution in [-0.4, -0.2) is 35.2 Å². The summed E-state index contributed by atoms with van der Waals surface area (Å²) in [6, 6.07) is 11.7. The fourth-order valence-corrected chi connectivity index (χ4v) is 2.63. The average molecular weight is 379 g/mol. The van der Waals surface area contributed by atoms with Gasteiger partial charge in [-0.15, -0.1) is 0 Å². The zero-order valence-electron chi connectivity index (χ0n) is 16.6. The quantitative estimate of drug-likeness (QED) is 0.596. The van der Waals surface area contributed by atoms with Gasteiger partial charge in [0.1, 0.15) is 5.82 Å². The number of hydrogen-bond acceptors (Lipinski definition) is 7. The SMILES string of the molecule is CC[C@H](C)Nc1nc(Nc2ccc(OC)c(OC)c2)cc(-c2ccncc2)n1. The lowest BCUT2D eigenvalue weighted by atomic mass is 10.2. The number of rotatable bonds is 8. The van der Waals surface area contributed by atoms with E-state index in [4.69, 9.17) is 9.47 Å². The third kappa shape index (κ3) is 4.68. The van der Waals surface area contributed by atoms with Gasteiger partial charge in [0.15, 0.2) is 11.5 Å². The van der Waals surface area contributed by atoms with Crippen molar-refractivity contribution in [1.29, 1.82) is 0 Å². The summed E-state index contributed by atoms with van der Waals surface area (Å²) in [5, 5.41) is 6.68. The Labute approximate surface area is 165 Å². The summed E-state index contributed by atoms with van der Waals surface area (Å²) in [6.45, 7) is 4.22. The summed E-state index contributed by atoms with van der Waals surface area (Å²) in [6.07, 6.45) is 4.47. The normalized spacial score (nSPS) is 11.6. The number of nitrogens with one attached hydrogen (secondary N) is 2. The predicted octanol–water partition coefficient (Wildman–Crippen LogP) is 4.51. The lowest BCUT2D eigenvalue weighted by Gasteiger charge is -2.15. The Balaban J connectivity index is 1.96. The Morgan fingerprint density at radius 3 is 2.39 bits per heavy atom. The molecule has 7 heteroatoms. The van der Waals surface area contributed by atoms with Gasteiger partial charge in [-0.05, 0) is 37.6 Å². The molecule has 28 heavy (non-hydrogen) atoms. The van der Waals surface area contributed by atoms with E-state index < -0.39 is 0 Å². The van der Waals surface area contributed by atoms with Crippen LogP contribution >= 0.6 is 0 Å². The Bertz CT molecular complexity index is 918. The summed E-state index contributed by atoms with van der Waals surface area (Å²) in [4.78, 5) is 13.4. The van der Waals surface area contributed by atoms with Gasteiger partial charge in [0.2, 0.25) is 5.95 Å². The lowest BCUT2D eigenvalue weighted by Crippen LogP contribution is -2.16. The number of anilines is 3. The number of pyridine rings is 1. The number of methoxy groups -OCH3 is 2. The van der Waals surface area contributed by atoms with E-state index in [1.54, 1.807) is 26.6 Å². The van der Waals surface area contributed by atoms with Crippen molar-refractivity contribution in [3.63, 3.8) is 0 Å². The van der Waals surface area contributed by atoms with Crippen LogP contribution in [-0.2, 0) is 0 Å². The standard InChI is InChI=1S/C21H25N5O2/c1-5-14(2)23-21-25-17(15-8-10-22-11-9-15)13-20(26-21)24-16-6-7-18(27-3)19(12-16)28-4/h6-14H,5H2,1-4H3,(H2,23,24,25,26)/t14-/m0/s1. The molecule has 0 radical (unpaired) electrons. The van der Waals surface area contributed by atoms with Crippen LogP contribution < -0.4 is 20.1 Å². The molecule has 0 amide bonds. The minimum atomic E-state index is 0.265. The van der Waals surface area contributed by atoms with Crippen LogP contribution in [0, 0.1) is 0 Å². The molecule has 0 saturated heterocycles. The first-order chi connectivity index (χ1) is 13.6. The first-order valence-corrected chi connectivity index (χ1v) is 9.18. The molecule has 0 unspecified atom stereocenters. The molecular formula is C21H25N5O2. The Kier molecular flexibility index (Phi) is 6.26. The summed E-state index contributed by atoms with van der Waals surface area (Å²) < 4.78 is 10.7. The Hall–Kier alpha value is -3.35. The van der Waals surface area contributed by atoms with Crippen LogP contribution in [0.2, 0.25) is 0 Å². The molecule has 1 atom stereocenters. The third-order valence-corrected chi connectivity index (χ3v) is 4.35. The van der Waals surface area contributed by atoms with Gasteiger partial charge < -0.3 is 20.1 Å². The van der Waals surface area contributed by atoms with Gasteiger partial charge in [0, 0.05) is 41.8 Å². The van der Waals surface area contributed by atoms with Crippen LogP contribution in [0.25, 0.3) is 11.3 Å². The van der Waals surface area contributed by atoms with Crippen molar-refractivity contribution in [2.24, 2.45) is 0 Å².